The number of carbonyl (C=O) groups is 1. The van der Waals surface area contributed by atoms with Crippen LogP contribution in [0.25, 0.3) is 16.3 Å². The lowest BCUT2D eigenvalue weighted by molar-refractivity contribution is 0.0950. The molecule has 0 radical (unpaired) electrons. The number of hydrogen-bond acceptors (Lipinski definition) is 5. The van der Waals surface area contributed by atoms with Crippen molar-refractivity contribution in [3.05, 3.63) is 82.3 Å². The fourth-order valence-electron chi connectivity index (χ4n) is 2.97. The van der Waals surface area contributed by atoms with E-state index in [0.29, 0.717) is 22.9 Å². The summed E-state index contributed by atoms with van der Waals surface area (Å²) in [5.41, 5.74) is 4.04. The summed E-state index contributed by atoms with van der Waals surface area (Å²) >= 11 is 7.47. The number of ether oxygens (including phenoxy) is 1. The van der Waals surface area contributed by atoms with Crippen LogP contribution in [0.2, 0.25) is 5.02 Å². The lowest BCUT2D eigenvalue weighted by Crippen LogP contribution is -2.23. The predicted molar refractivity (Wildman–Crippen MR) is 119 cm³/mol. The number of halogens is 1. The molecular weight excluding hydrogens is 420 g/mol. The molecule has 30 heavy (non-hydrogen) atoms. The molecule has 0 fully saturated rings. The van der Waals surface area contributed by atoms with Crippen LogP contribution in [0.5, 0.6) is 5.75 Å². The number of nitrogens with zero attached hydrogens (tertiary/aromatic N) is 3. The van der Waals surface area contributed by atoms with Gasteiger partial charge in [-0.25, -0.2) is 9.97 Å². The van der Waals surface area contributed by atoms with Crippen molar-refractivity contribution in [3.63, 3.8) is 0 Å². The molecule has 0 aliphatic carbocycles. The fraction of sp³-hybridized carbons (Fsp3) is 0.136. The molecule has 0 aliphatic heterocycles. The highest BCUT2D eigenvalue weighted by Crippen LogP contribution is 2.26. The minimum Gasteiger partial charge on any atom is -0.495 e. The summed E-state index contributed by atoms with van der Waals surface area (Å²) in [6, 6.07) is 12.9. The Morgan fingerprint density at radius 2 is 2.03 bits per heavy atom. The second-order valence-corrected chi connectivity index (χ2v) is 7.94. The van der Waals surface area contributed by atoms with Crippen LogP contribution >= 0.6 is 22.9 Å². The highest BCUT2D eigenvalue weighted by atomic mass is 35.5. The van der Waals surface area contributed by atoms with E-state index in [-0.39, 0.29) is 5.91 Å². The predicted octanol–water partition coefficient (Wildman–Crippen LogP) is 4.90. The Morgan fingerprint density at radius 3 is 2.73 bits per heavy atom. The van der Waals surface area contributed by atoms with Crippen LogP contribution in [0.15, 0.2) is 60.4 Å². The van der Waals surface area contributed by atoms with Crippen molar-refractivity contribution in [2.24, 2.45) is 0 Å². The lowest BCUT2D eigenvalue weighted by Gasteiger charge is -2.11. The molecule has 0 saturated carbocycles. The van der Waals surface area contributed by atoms with Crippen LogP contribution in [-0.2, 0) is 6.54 Å². The van der Waals surface area contributed by atoms with Gasteiger partial charge < -0.3 is 14.6 Å². The first-order valence-corrected chi connectivity index (χ1v) is 10.5. The maximum Gasteiger partial charge on any atom is 0.251 e. The fourth-order valence-corrected chi connectivity index (χ4v) is 3.92. The number of methoxy groups -OCH3 is 1. The van der Waals surface area contributed by atoms with Gasteiger partial charge in [-0.05, 0) is 37.3 Å². The summed E-state index contributed by atoms with van der Waals surface area (Å²) in [6.45, 7) is 2.26. The number of thiazole rings is 1. The molecule has 8 heteroatoms. The van der Waals surface area contributed by atoms with Gasteiger partial charge in [0.2, 0.25) is 0 Å². The Kier molecular flexibility index (Phi) is 5.83. The first-order valence-electron chi connectivity index (χ1n) is 9.21. The van der Waals surface area contributed by atoms with Crippen molar-refractivity contribution in [1.82, 2.24) is 19.9 Å². The quantitative estimate of drug-likeness (QED) is 0.465. The molecular formula is C22H19ClN4O2S. The average molecular weight is 439 g/mol. The molecule has 6 nitrogen and oxygen atoms in total. The van der Waals surface area contributed by atoms with E-state index in [2.05, 4.69) is 15.3 Å². The molecule has 152 valence electrons. The van der Waals surface area contributed by atoms with Gasteiger partial charge in [0.1, 0.15) is 10.8 Å². The van der Waals surface area contributed by atoms with E-state index in [1.807, 2.05) is 53.4 Å². The molecule has 2 heterocycles. The van der Waals surface area contributed by atoms with Crippen molar-refractivity contribution in [1.29, 1.82) is 0 Å². The normalized spacial score (nSPS) is 10.8. The summed E-state index contributed by atoms with van der Waals surface area (Å²) < 4.78 is 7.34. The van der Waals surface area contributed by atoms with Crippen LogP contribution in [0, 0.1) is 6.92 Å². The minimum absolute atomic E-state index is 0.192. The van der Waals surface area contributed by atoms with E-state index in [4.69, 9.17) is 16.3 Å². The van der Waals surface area contributed by atoms with Crippen LogP contribution in [0.4, 0.5) is 0 Å². The SMILES string of the molecule is COc1cc(C(=O)NCc2csc(-c3ccc(Cl)cc3)n2)ccc1-n1cnc(C)c1. The average Bonchev–Trinajstić information content (AvgIpc) is 3.41. The summed E-state index contributed by atoms with van der Waals surface area (Å²) in [5, 5.41) is 6.43. The summed E-state index contributed by atoms with van der Waals surface area (Å²) in [6.07, 6.45) is 3.62. The summed E-state index contributed by atoms with van der Waals surface area (Å²) in [7, 11) is 1.58. The lowest BCUT2D eigenvalue weighted by atomic mass is 10.1. The highest BCUT2D eigenvalue weighted by Gasteiger charge is 2.13. The van der Waals surface area contributed by atoms with Crippen molar-refractivity contribution in [2.75, 3.05) is 7.11 Å². The van der Waals surface area contributed by atoms with Gasteiger partial charge >= 0.3 is 0 Å². The highest BCUT2D eigenvalue weighted by molar-refractivity contribution is 7.13. The molecule has 4 aromatic rings. The number of benzene rings is 2. The molecule has 0 saturated heterocycles. The molecule has 0 aliphatic rings. The van der Waals surface area contributed by atoms with Gasteiger partial charge in [-0.2, -0.15) is 0 Å². The molecule has 0 atom stereocenters. The van der Waals surface area contributed by atoms with E-state index in [0.717, 1.165) is 27.6 Å². The number of hydrogen-bond donors (Lipinski definition) is 1. The number of aromatic nitrogens is 3. The zero-order chi connectivity index (χ0) is 21.1. The first-order chi connectivity index (χ1) is 14.5. The Bertz CT molecular complexity index is 1180. The van der Waals surface area contributed by atoms with Gasteiger partial charge in [0.25, 0.3) is 5.91 Å². The summed E-state index contributed by atoms with van der Waals surface area (Å²) in [4.78, 5) is 21.5. The Morgan fingerprint density at radius 1 is 1.23 bits per heavy atom. The van der Waals surface area contributed by atoms with Crippen molar-refractivity contribution < 1.29 is 9.53 Å². The third-order valence-electron chi connectivity index (χ3n) is 4.50. The van der Waals surface area contributed by atoms with E-state index < -0.39 is 0 Å². The van der Waals surface area contributed by atoms with E-state index in [1.165, 1.54) is 11.3 Å². The van der Waals surface area contributed by atoms with Crippen molar-refractivity contribution in [3.8, 4) is 22.0 Å². The second-order valence-electron chi connectivity index (χ2n) is 6.64. The maximum atomic E-state index is 12.6. The van der Waals surface area contributed by atoms with Crippen molar-refractivity contribution in [2.45, 2.75) is 13.5 Å². The van der Waals surface area contributed by atoms with Crippen LogP contribution in [-0.4, -0.2) is 27.6 Å². The maximum absolute atomic E-state index is 12.6. The topological polar surface area (TPSA) is 69.0 Å². The molecule has 0 unspecified atom stereocenters. The molecule has 0 bridgehead atoms. The molecule has 1 N–H and O–H groups in total. The zero-order valence-corrected chi connectivity index (χ0v) is 18.0. The number of rotatable bonds is 6. The van der Waals surface area contributed by atoms with Gasteiger partial charge in [0, 0.05) is 27.7 Å². The molecule has 2 aromatic heterocycles. The third kappa shape index (κ3) is 4.37. The van der Waals surface area contributed by atoms with Gasteiger partial charge in [-0.3, -0.25) is 4.79 Å². The van der Waals surface area contributed by atoms with Gasteiger partial charge in [-0.15, -0.1) is 11.3 Å². The Balaban J connectivity index is 1.45. The van der Waals surface area contributed by atoms with Gasteiger partial charge in [0.05, 0.1) is 37.1 Å². The number of amides is 1. The summed E-state index contributed by atoms with van der Waals surface area (Å²) in [5.74, 6) is 0.404. The van der Waals surface area contributed by atoms with Crippen LogP contribution in [0.3, 0.4) is 0 Å². The molecule has 2 aromatic carbocycles. The Labute approximate surface area is 183 Å². The van der Waals surface area contributed by atoms with E-state index >= 15 is 0 Å². The number of imidazole rings is 1. The van der Waals surface area contributed by atoms with E-state index in [1.54, 1.807) is 25.6 Å². The first kappa shape index (κ1) is 20.1. The second kappa shape index (κ2) is 8.69. The zero-order valence-electron chi connectivity index (χ0n) is 16.4. The smallest absolute Gasteiger partial charge is 0.251 e. The van der Waals surface area contributed by atoms with Crippen LogP contribution in [0.1, 0.15) is 21.7 Å². The van der Waals surface area contributed by atoms with Gasteiger partial charge in [-0.1, -0.05) is 23.7 Å². The molecule has 1 amide bonds. The largest absolute Gasteiger partial charge is 0.495 e. The standard InChI is InChI=1S/C22H19ClN4O2S/c1-14-11-27(13-25-14)19-8-5-16(9-20(19)29-2)21(28)24-10-18-12-30-22(26-18)15-3-6-17(23)7-4-15/h3-9,11-13H,10H2,1-2H3,(H,24,28). The van der Waals surface area contributed by atoms with Crippen LogP contribution < -0.4 is 10.1 Å². The Hall–Kier alpha value is -3.16. The number of carbonyl (C=O) groups excluding carboxylic acids is 1. The monoisotopic (exact) mass is 438 g/mol. The van der Waals surface area contributed by atoms with E-state index in [9.17, 15) is 4.79 Å². The van der Waals surface area contributed by atoms with Gasteiger partial charge in [0.15, 0.2) is 0 Å². The third-order valence-corrected chi connectivity index (χ3v) is 5.70. The van der Waals surface area contributed by atoms with Crippen molar-refractivity contribution >= 4 is 28.8 Å². The minimum atomic E-state index is -0.192. The molecule has 0 spiro atoms. The molecule has 4 rings (SSSR count). The number of nitrogens with one attached hydrogen (secondary N) is 1. The number of aryl methyl sites for hydroxylation is 1.